The molecule has 18 heavy (non-hydrogen) atoms. The van der Waals surface area contributed by atoms with Gasteiger partial charge < -0.3 is 10.6 Å². The van der Waals surface area contributed by atoms with Crippen LogP contribution in [0.25, 0.3) is 0 Å². The Labute approximate surface area is 109 Å². The summed E-state index contributed by atoms with van der Waals surface area (Å²) < 4.78 is 0. The van der Waals surface area contributed by atoms with Gasteiger partial charge in [-0.25, -0.2) is 4.98 Å². The summed E-state index contributed by atoms with van der Waals surface area (Å²) in [7, 11) is 0. The van der Waals surface area contributed by atoms with Gasteiger partial charge in [-0.2, -0.15) is 0 Å². The molecule has 0 aliphatic carbocycles. The van der Waals surface area contributed by atoms with Gasteiger partial charge in [0.25, 0.3) is 0 Å². The van der Waals surface area contributed by atoms with Crippen LogP contribution in [0.5, 0.6) is 0 Å². The summed E-state index contributed by atoms with van der Waals surface area (Å²) in [5.74, 6) is 1.60. The van der Waals surface area contributed by atoms with E-state index in [1.165, 1.54) is 12.8 Å². The van der Waals surface area contributed by atoms with E-state index in [9.17, 15) is 0 Å². The second-order valence-corrected chi connectivity index (χ2v) is 5.39. The van der Waals surface area contributed by atoms with Crippen molar-refractivity contribution in [3.8, 4) is 0 Å². The van der Waals surface area contributed by atoms with Gasteiger partial charge in [0.15, 0.2) is 0 Å². The number of hydrogen-bond donors (Lipinski definition) is 2. The van der Waals surface area contributed by atoms with Crippen molar-refractivity contribution in [3.63, 3.8) is 0 Å². The molecule has 1 aliphatic heterocycles. The van der Waals surface area contributed by atoms with E-state index in [0.717, 1.165) is 23.5 Å². The number of nitrogen functional groups attached to an aromatic ring is 1. The number of nitrogens with two attached hydrogens (primary N) is 1. The first kappa shape index (κ1) is 12.9. The smallest absolute Gasteiger partial charge is 0.140 e. The topological polar surface area (TPSA) is 66.0 Å². The van der Waals surface area contributed by atoms with E-state index in [2.05, 4.69) is 23.7 Å². The fourth-order valence-corrected chi connectivity index (χ4v) is 2.84. The lowest BCUT2D eigenvalue weighted by Gasteiger charge is -2.30. The van der Waals surface area contributed by atoms with Gasteiger partial charge in [0.05, 0.1) is 5.56 Å². The number of rotatable bonds is 3. The zero-order valence-corrected chi connectivity index (χ0v) is 11.4. The van der Waals surface area contributed by atoms with Crippen LogP contribution in [0.3, 0.4) is 0 Å². The highest BCUT2D eigenvalue weighted by Gasteiger charge is 2.30. The molecule has 1 atom stereocenters. The number of amidine groups is 1. The third kappa shape index (κ3) is 2.19. The van der Waals surface area contributed by atoms with Crippen LogP contribution in [-0.4, -0.2) is 23.4 Å². The van der Waals surface area contributed by atoms with Crippen LogP contribution in [-0.2, 0) is 0 Å². The normalized spacial score (nSPS) is 19.6. The number of aryl methyl sites for hydroxylation is 1. The fourth-order valence-electron chi connectivity index (χ4n) is 2.84. The van der Waals surface area contributed by atoms with Crippen molar-refractivity contribution < 1.29 is 0 Å². The molecule has 0 aromatic carbocycles. The minimum atomic E-state index is 0.116. The zero-order chi connectivity index (χ0) is 13.3. The third-order valence-corrected chi connectivity index (χ3v) is 3.75. The Morgan fingerprint density at radius 2 is 2.28 bits per heavy atom. The second kappa shape index (κ2) is 4.96. The summed E-state index contributed by atoms with van der Waals surface area (Å²) in [6.07, 6.45) is 4.20. The number of aromatic nitrogens is 1. The Hall–Kier alpha value is -1.58. The van der Waals surface area contributed by atoms with Gasteiger partial charge >= 0.3 is 0 Å². The molecule has 0 radical (unpaired) electrons. The van der Waals surface area contributed by atoms with E-state index in [4.69, 9.17) is 11.1 Å². The predicted molar refractivity (Wildman–Crippen MR) is 75.2 cm³/mol. The maximum atomic E-state index is 7.77. The van der Waals surface area contributed by atoms with E-state index in [-0.39, 0.29) is 5.84 Å². The highest BCUT2D eigenvalue weighted by Crippen LogP contribution is 2.31. The Balaban J connectivity index is 2.44. The van der Waals surface area contributed by atoms with Crippen molar-refractivity contribution in [2.45, 2.75) is 39.7 Å². The van der Waals surface area contributed by atoms with Crippen molar-refractivity contribution in [3.05, 3.63) is 23.4 Å². The van der Waals surface area contributed by atoms with E-state index < -0.39 is 0 Å². The molecule has 1 aromatic heterocycles. The van der Waals surface area contributed by atoms with Gasteiger partial charge in [-0.3, -0.25) is 5.41 Å². The number of hydrogen-bond acceptors (Lipinski definition) is 3. The van der Waals surface area contributed by atoms with Gasteiger partial charge in [-0.15, -0.1) is 0 Å². The van der Waals surface area contributed by atoms with Gasteiger partial charge in [0.1, 0.15) is 11.7 Å². The molecule has 1 unspecified atom stereocenters. The Kier molecular flexibility index (Phi) is 3.55. The largest absolute Gasteiger partial charge is 0.384 e. The van der Waals surface area contributed by atoms with Crippen molar-refractivity contribution in [2.75, 3.05) is 11.4 Å². The van der Waals surface area contributed by atoms with Gasteiger partial charge in [-0.1, -0.05) is 13.8 Å². The first-order valence-corrected chi connectivity index (χ1v) is 6.59. The fraction of sp³-hybridized carbons (Fsp3) is 0.571. The van der Waals surface area contributed by atoms with E-state index in [0.29, 0.717) is 12.0 Å². The maximum Gasteiger partial charge on any atom is 0.140 e. The lowest BCUT2D eigenvalue weighted by Crippen LogP contribution is -2.36. The lowest BCUT2D eigenvalue weighted by molar-refractivity contribution is 0.489. The maximum absolute atomic E-state index is 7.77. The molecule has 1 saturated heterocycles. The zero-order valence-electron chi connectivity index (χ0n) is 11.4. The van der Waals surface area contributed by atoms with Crippen LogP contribution in [0.4, 0.5) is 5.82 Å². The van der Waals surface area contributed by atoms with Crippen molar-refractivity contribution in [1.29, 1.82) is 5.41 Å². The Morgan fingerprint density at radius 1 is 1.56 bits per heavy atom. The predicted octanol–water partition coefficient (Wildman–Crippen LogP) is 2.30. The third-order valence-electron chi connectivity index (χ3n) is 3.75. The monoisotopic (exact) mass is 246 g/mol. The highest BCUT2D eigenvalue weighted by atomic mass is 15.2. The molecule has 0 saturated carbocycles. The number of nitrogens with one attached hydrogen (secondary N) is 1. The molecular formula is C14H22N4. The molecular weight excluding hydrogens is 224 g/mol. The molecule has 4 nitrogen and oxygen atoms in total. The van der Waals surface area contributed by atoms with E-state index in [1.54, 1.807) is 0 Å². The number of nitrogens with zero attached hydrogens (tertiary/aromatic N) is 2. The number of pyridine rings is 1. The molecule has 0 spiro atoms. The van der Waals surface area contributed by atoms with Crippen LogP contribution in [0.15, 0.2) is 12.3 Å². The Bertz CT molecular complexity index is 453. The molecule has 2 heterocycles. The standard InChI is InChI=1S/C14H22N4/c1-9(2)11-5-4-8-18(11)14-12(13(15)16)10(3)6-7-17-14/h6-7,9,11H,4-5,8H2,1-3H3,(H3,15,16). The SMILES string of the molecule is Cc1ccnc(N2CCCC2C(C)C)c1C(=N)N. The first-order chi connectivity index (χ1) is 8.52. The summed E-state index contributed by atoms with van der Waals surface area (Å²) in [4.78, 5) is 6.81. The van der Waals surface area contributed by atoms with E-state index in [1.807, 2.05) is 19.2 Å². The van der Waals surface area contributed by atoms with Gasteiger partial charge in [-0.05, 0) is 37.3 Å². The second-order valence-electron chi connectivity index (χ2n) is 5.39. The van der Waals surface area contributed by atoms with Crippen LogP contribution in [0.2, 0.25) is 0 Å². The molecule has 4 heteroatoms. The molecule has 2 rings (SSSR count). The van der Waals surface area contributed by atoms with Gasteiger partial charge in [0, 0.05) is 18.8 Å². The molecule has 1 aromatic rings. The van der Waals surface area contributed by atoms with Crippen LogP contribution in [0, 0.1) is 18.3 Å². The first-order valence-electron chi connectivity index (χ1n) is 6.59. The minimum Gasteiger partial charge on any atom is -0.384 e. The molecule has 0 amide bonds. The average molecular weight is 246 g/mol. The van der Waals surface area contributed by atoms with Crippen molar-refractivity contribution in [1.82, 2.24) is 4.98 Å². The summed E-state index contributed by atoms with van der Waals surface area (Å²) in [5.41, 5.74) is 7.55. The quantitative estimate of drug-likeness (QED) is 0.635. The highest BCUT2D eigenvalue weighted by molar-refractivity contribution is 6.01. The molecule has 0 bridgehead atoms. The molecule has 1 aliphatic rings. The van der Waals surface area contributed by atoms with Crippen LogP contribution < -0.4 is 10.6 Å². The molecule has 98 valence electrons. The summed E-state index contributed by atoms with van der Waals surface area (Å²) in [6.45, 7) is 7.49. The van der Waals surface area contributed by atoms with E-state index >= 15 is 0 Å². The molecule has 3 N–H and O–H groups in total. The summed E-state index contributed by atoms with van der Waals surface area (Å²) >= 11 is 0. The summed E-state index contributed by atoms with van der Waals surface area (Å²) in [5, 5.41) is 7.77. The average Bonchev–Trinajstić information content (AvgIpc) is 2.76. The molecule has 1 fully saturated rings. The summed E-state index contributed by atoms with van der Waals surface area (Å²) in [6, 6.07) is 2.43. The van der Waals surface area contributed by atoms with Crippen molar-refractivity contribution in [2.24, 2.45) is 11.7 Å². The van der Waals surface area contributed by atoms with Gasteiger partial charge in [0.2, 0.25) is 0 Å². The number of anilines is 1. The van der Waals surface area contributed by atoms with Crippen LogP contribution in [0.1, 0.15) is 37.8 Å². The van der Waals surface area contributed by atoms with Crippen molar-refractivity contribution >= 4 is 11.7 Å². The minimum absolute atomic E-state index is 0.116. The lowest BCUT2D eigenvalue weighted by atomic mass is 10.0. The Morgan fingerprint density at radius 3 is 2.89 bits per heavy atom. The van der Waals surface area contributed by atoms with Crippen LogP contribution >= 0.6 is 0 Å².